The van der Waals surface area contributed by atoms with Crippen molar-refractivity contribution in [2.24, 2.45) is 0 Å². The Labute approximate surface area is 166 Å². The van der Waals surface area contributed by atoms with E-state index in [1.54, 1.807) is 0 Å². The van der Waals surface area contributed by atoms with Crippen LogP contribution >= 0.6 is 0 Å². The van der Waals surface area contributed by atoms with Crippen LogP contribution in [0.4, 0.5) is 0 Å². The summed E-state index contributed by atoms with van der Waals surface area (Å²) in [5, 5.41) is 26.2. The van der Waals surface area contributed by atoms with Gasteiger partial charge in [-0.25, -0.2) is 4.79 Å². The lowest BCUT2D eigenvalue weighted by molar-refractivity contribution is -0.147. The van der Waals surface area contributed by atoms with Crippen LogP contribution in [-0.4, -0.2) is 53.7 Å². The number of carboxylic acids is 1. The maximum absolute atomic E-state index is 10.9. The molecule has 7 heteroatoms. The Balaban J connectivity index is 0.000000528. The van der Waals surface area contributed by atoms with Crippen LogP contribution in [-0.2, 0) is 19.1 Å². The molecule has 28 heavy (non-hydrogen) atoms. The maximum atomic E-state index is 10.9. The number of carboxylic acid groups (broad SMARTS) is 1. The third kappa shape index (κ3) is 10.7. The fraction of sp³-hybridized carbons (Fsp3) is 0.524. The molecule has 0 bridgehead atoms. The number of hydrogen-bond donors (Lipinski definition) is 3. The van der Waals surface area contributed by atoms with Gasteiger partial charge in [-0.3, -0.25) is 4.79 Å². The monoisotopic (exact) mass is 396 g/mol. The first-order chi connectivity index (χ1) is 13.4. The highest BCUT2D eigenvalue weighted by atomic mass is 16.5. The molecule has 0 aliphatic rings. The number of esters is 1. The maximum Gasteiger partial charge on any atom is 0.371 e. The van der Waals surface area contributed by atoms with E-state index in [-0.39, 0.29) is 24.9 Å². The number of rotatable bonds is 11. The number of ether oxygens (including phenoxy) is 2. The van der Waals surface area contributed by atoms with E-state index >= 15 is 0 Å². The summed E-state index contributed by atoms with van der Waals surface area (Å²) < 4.78 is 9.59. The minimum atomic E-state index is -1.03. The normalized spacial score (nSPS) is 12.2. The van der Waals surface area contributed by atoms with Gasteiger partial charge < -0.3 is 24.8 Å². The van der Waals surface area contributed by atoms with Crippen molar-refractivity contribution in [1.82, 2.24) is 0 Å². The van der Waals surface area contributed by atoms with Crippen LogP contribution in [0.2, 0.25) is 0 Å². The molecule has 0 spiro atoms. The Hall–Kier alpha value is -2.38. The Bertz CT molecular complexity index is 596. The molecule has 0 heterocycles. The molecule has 3 N–H and O–H groups in total. The first-order valence-corrected chi connectivity index (χ1v) is 9.41. The van der Waals surface area contributed by atoms with Crippen molar-refractivity contribution in [2.45, 2.75) is 52.1 Å². The highest BCUT2D eigenvalue weighted by Crippen LogP contribution is 2.22. The Morgan fingerprint density at radius 3 is 2.21 bits per heavy atom. The van der Waals surface area contributed by atoms with Crippen molar-refractivity contribution < 1.29 is 34.4 Å². The van der Waals surface area contributed by atoms with Gasteiger partial charge in [0.05, 0.1) is 13.7 Å². The molecule has 7 nitrogen and oxygen atoms in total. The minimum absolute atomic E-state index is 0.0173. The standard InChI is InChI=1S/C12H14O3.C9H18O4/c1-3-10(11(15-2)12(13)14)9-7-5-4-6-8-9;1-2-3-4-5-9(12)13-7-8(11)6-10/h4-8H,3H2,1-2H3,(H,13,14);8,10-11H,2-7H2,1H3. The number of hydrogen-bond acceptors (Lipinski definition) is 6. The van der Waals surface area contributed by atoms with Gasteiger partial charge in [0.15, 0.2) is 0 Å². The molecule has 0 saturated heterocycles. The summed E-state index contributed by atoms with van der Waals surface area (Å²) in [5.74, 6) is -1.32. The molecule has 0 saturated carbocycles. The molecule has 1 atom stereocenters. The summed E-state index contributed by atoms with van der Waals surface area (Å²) in [5.41, 5.74) is 1.60. The number of aliphatic hydroxyl groups excluding tert-OH is 2. The molecule has 0 aliphatic carbocycles. The van der Waals surface area contributed by atoms with Gasteiger partial charge >= 0.3 is 11.9 Å². The summed E-state index contributed by atoms with van der Waals surface area (Å²) in [6.45, 7) is 3.48. The summed E-state index contributed by atoms with van der Waals surface area (Å²) in [6, 6.07) is 9.39. The average Bonchev–Trinajstić information content (AvgIpc) is 2.71. The number of unbranched alkanes of at least 4 members (excludes halogenated alkanes) is 2. The number of allylic oxidation sites excluding steroid dienone is 1. The Morgan fingerprint density at radius 2 is 1.75 bits per heavy atom. The second-order valence-corrected chi connectivity index (χ2v) is 6.01. The number of carbonyl (C=O) groups is 2. The van der Waals surface area contributed by atoms with E-state index in [1.165, 1.54) is 7.11 Å². The largest absolute Gasteiger partial charge is 0.490 e. The fourth-order valence-electron chi connectivity index (χ4n) is 2.31. The van der Waals surface area contributed by atoms with Crippen LogP contribution in [0.25, 0.3) is 5.57 Å². The highest BCUT2D eigenvalue weighted by molar-refractivity contribution is 5.94. The van der Waals surface area contributed by atoms with Gasteiger partial charge in [-0.15, -0.1) is 0 Å². The minimum Gasteiger partial charge on any atom is -0.490 e. The van der Waals surface area contributed by atoms with Gasteiger partial charge in [0.1, 0.15) is 12.7 Å². The third-order valence-electron chi connectivity index (χ3n) is 3.78. The summed E-state index contributed by atoms with van der Waals surface area (Å²) in [6.07, 6.45) is 2.97. The number of aliphatic hydroxyl groups is 2. The number of methoxy groups -OCH3 is 1. The molecule has 0 aromatic heterocycles. The van der Waals surface area contributed by atoms with Crippen molar-refractivity contribution in [3.8, 4) is 0 Å². The molecule has 1 aromatic rings. The predicted molar refractivity (Wildman–Crippen MR) is 106 cm³/mol. The lowest BCUT2D eigenvalue weighted by Crippen LogP contribution is -2.21. The lowest BCUT2D eigenvalue weighted by atomic mass is 10.0. The van der Waals surface area contributed by atoms with Crippen LogP contribution in [0.5, 0.6) is 0 Å². The molecule has 0 radical (unpaired) electrons. The van der Waals surface area contributed by atoms with Crippen LogP contribution in [0.15, 0.2) is 36.1 Å². The number of benzene rings is 1. The predicted octanol–water partition coefficient (Wildman–Crippen LogP) is 3.00. The molecule has 0 amide bonds. The topological polar surface area (TPSA) is 113 Å². The van der Waals surface area contributed by atoms with Crippen LogP contribution in [0.1, 0.15) is 51.5 Å². The second-order valence-electron chi connectivity index (χ2n) is 6.01. The highest BCUT2D eigenvalue weighted by Gasteiger charge is 2.14. The van der Waals surface area contributed by atoms with Gasteiger partial charge in [0, 0.05) is 12.0 Å². The number of carbonyl (C=O) groups excluding carboxylic acids is 1. The van der Waals surface area contributed by atoms with Gasteiger partial charge in [-0.05, 0) is 18.4 Å². The van der Waals surface area contributed by atoms with E-state index in [0.717, 1.165) is 24.8 Å². The summed E-state index contributed by atoms with van der Waals surface area (Å²) >= 11 is 0. The first kappa shape index (κ1) is 25.6. The molecular formula is C21H32O7. The van der Waals surface area contributed by atoms with Crippen molar-refractivity contribution in [2.75, 3.05) is 20.3 Å². The van der Waals surface area contributed by atoms with Crippen molar-refractivity contribution in [1.29, 1.82) is 0 Å². The van der Waals surface area contributed by atoms with E-state index in [2.05, 4.69) is 6.92 Å². The molecule has 1 unspecified atom stereocenters. The zero-order chi connectivity index (χ0) is 21.4. The van der Waals surface area contributed by atoms with Crippen molar-refractivity contribution in [3.63, 3.8) is 0 Å². The van der Waals surface area contributed by atoms with E-state index in [9.17, 15) is 9.59 Å². The van der Waals surface area contributed by atoms with Crippen molar-refractivity contribution >= 4 is 17.5 Å². The lowest BCUT2D eigenvalue weighted by Gasteiger charge is -2.09. The zero-order valence-corrected chi connectivity index (χ0v) is 16.9. The Morgan fingerprint density at radius 1 is 1.11 bits per heavy atom. The molecular weight excluding hydrogens is 364 g/mol. The number of aliphatic carboxylic acids is 1. The third-order valence-corrected chi connectivity index (χ3v) is 3.78. The summed E-state index contributed by atoms with van der Waals surface area (Å²) in [4.78, 5) is 21.8. The first-order valence-electron chi connectivity index (χ1n) is 9.41. The van der Waals surface area contributed by atoms with Gasteiger partial charge in [0.25, 0.3) is 0 Å². The smallest absolute Gasteiger partial charge is 0.371 e. The van der Waals surface area contributed by atoms with E-state index in [4.69, 9.17) is 24.8 Å². The quantitative estimate of drug-likeness (QED) is 0.228. The Kier molecular flexibility index (Phi) is 14.3. The fourth-order valence-corrected chi connectivity index (χ4v) is 2.31. The molecule has 1 rings (SSSR count). The molecule has 158 valence electrons. The zero-order valence-electron chi connectivity index (χ0n) is 16.9. The van der Waals surface area contributed by atoms with Crippen LogP contribution < -0.4 is 0 Å². The van der Waals surface area contributed by atoms with Gasteiger partial charge in [0.2, 0.25) is 5.76 Å². The van der Waals surface area contributed by atoms with E-state index in [0.29, 0.717) is 18.4 Å². The van der Waals surface area contributed by atoms with E-state index in [1.807, 2.05) is 37.3 Å². The molecule has 0 aliphatic heterocycles. The SMILES string of the molecule is CCC(=C(OC)C(=O)O)c1ccccc1.CCCCCC(=O)OCC(O)CO. The average molecular weight is 396 g/mol. The summed E-state index contributed by atoms with van der Waals surface area (Å²) in [7, 11) is 1.38. The van der Waals surface area contributed by atoms with Crippen LogP contribution in [0.3, 0.4) is 0 Å². The molecule has 0 fully saturated rings. The second kappa shape index (κ2) is 15.7. The van der Waals surface area contributed by atoms with Crippen molar-refractivity contribution in [3.05, 3.63) is 41.7 Å². The molecule has 1 aromatic carbocycles. The van der Waals surface area contributed by atoms with Crippen LogP contribution in [0, 0.1) is 0 Å². The van der Waals surface area contributed by atoms with Gasteiger partial charge in [-0.2, -0.15) is 0 Å². The van der Waals surface area contributed by atoms with E-state index < -0.39 is 12.1 Å². The van der Waals surface area contributed by atoms with Gasteiger partial charge in [-0.1, -0.05) is 57.0 Å².